The van der Waals surface area contributed by atoms with Gasteiger partial charge in [-0.3, -0.25) is 20.4 Å². The average molecular weight is 512 g/mol. The monoisotopic (exact) mass is 511 g/mol. The van der Waals surface area contributed by atoms with E-state index in [2.05, 4.69) is 16.2 Å². The van der Waals surface area contributed by atoms with Crippen molar-refractivity contribution in [2.75, 3.05) is 12.5 Å². The second kappa shape index (κ2) is 12.6. The summed E-state index contributed by atoms with van der Waals surface area (Å²) in [4.78, 5) is 35.9. The predicted molar refractivity (Wildman–Crippen MR) is 136 cm³/mol. The zero-order valence-corrected chi connectivity index (χ0v) is 20.2. The Morgan fingerprint density at radius 3 is 2.25 bits per heavy atom. The summed E-state index contributed by atoms with van der Waals surface area (Å²) in [5.74, 6) is -2.74. The maximum atomic E-state index is 12.5. The molecule has 3 aromatic carbocycles. The normalized spacial score (nSPS) is 12.2. The zero-order valence-electron chi connectivity index (χ0n) is 19.4. The van der Waals surface area contributed by atoms with Crippen molar-refractivity contribution in [2.24, 2.45) is 0 Å². The van der Waals surface area contributed by atoms with Gasteiger partial charge in [-0.05, 0) is 59.5 Å². The lowest BCUT2D eigenvalue weighted by atomic mass is 9.98. The minimum absolute atomic E-state index is 0.199. The first-order valence-corrected chi connectivity index (χ1v) is 11.4. The van der Waals surface area contributed by atoms with E-state index in [-0.39, 0.29) is 12.8 Å². The molecule has 2 amide bonds. The van der Waals surface area contributed by atoms with Crippen LogP contribution in [-0.4, -0.2) is 47.3 Å². The first kappa shape index (κ1) is 26.5. The molecule has 0 fully saturated rings. The minimum Gasteiger partial charge on any atom is -0.497 e. The number of rotatable bonds is 10. The van der Waals surface area contributed by atoms with Crippen molar-refractivity contribution < 1.29 is 29.3 Å². The van der Waals surface area contributed by atoms with Gasteiger partial charge in [0.1, 0.15) is 5.75 Å². The number of carbonyl (C=O) groups excluding carboxylic acids is 2. The predicted octanol–water partition coefficient (Wildman–Crippen LogP) is 3.02. The first-order chi connectivity index (χ1) is 17.2. The molecule has 10 heteroatoms. The van der Waals surface area contributed by atoms with Gasteiger partial charge in [-0.25, -0.2) is 4.79 Å². The van der Waals surface area contributed by atoms with Crippen molar-refractivity contribution in [3.8, 4) is 16.9 Å². The average Bonchev–Trinajstić information content (AvgIpc) is 2.87. The fraction of sp³-hybridized carbons (Fsp3) is 0.192. The van der Waals surface area contributed by atoms with Gasteiger partial charge in [-0.2, -0.15) is 0 Å². The number of amides is 2. The van der Waals surface area contributed by atoms with Crippen LogP contribution in [0.2, 0.25) is 5.02 Å². The Morgan fingerprint density at radius 1 is 0.944 bits per heavy atom. The van der Waals surface area contributed by atoms with Crippen molar-refractivity contribution in [2.45, 2.75) is 25.0 Å². The van der Waals surface area contributed by atoms with E-state index in [9.17, 15) is 19.5 Å². The second-order valence-corrected chi connectivity index (χ2v) is 8.42. The van der Waals surface area contributed by atoms with Crippen LogP contribution < -0.4 is 20.9 Å². The van der Waals surface area contributed by atoms with Crippen molar-refractivity contribution in [3.05, 3.63) is 83.4 Å². The standard InChI is InChI=1S/C26H26ClN3O6/c1-36-22-11-9-20(10-12-22)29-30-25(33)24(32)28-21(15-23(31)26(34)35)13-16-5-7-17(8-6-16)18-3-2-4-19(27)14-18/h2-12,14,21,23,29,31H,13,15H2,1H3,(H,28,32)(H,30,33)(H,34,35)/t21-,23-/m1/s1. The number of methoxy groups -OCH3 is 1. The quantitative estimate of drug-likeness (QED) is 0.208. The topological polar surface area (TPSA) is 137 Å². The molecule has 0 aromatic heterocycles. The molecule has 0 aliphatic heterocycles. The SMILES string of the molecule is COc1ccc(NNC(=O)C(=O)N[C@H](Cc2ccc(-c3cccc(Cl)c3)cc2)C[C@@H](O)C(=O)O)cc1. The number of carboxylic acids is 1. The third-order valence-electron chi connectivity index (χ3n) is 5.34. The largest absolute Gasteiger partial charge is 0.497 e. The highest BCUT2D eigenvalue weighted by atomic mass is 35.5. The summed E-state index contributed by atoms with van der Waals surface area (Å²) in [7, 11) is 1.53. The molecular weight excluding hydrogens is 486 g/mol. The van der Waals surface area contributed by atoms with E-state index in [1.807, 2.05) is 42.5 Å². The van der Waals surface area contributed by atoms with E-state index < -0.39 is 29.9 Å². The molecule has 2 atom stereocenters. The van der Waals surface area contributed by atoms with E-state index >= 15 is 0 Å². The molecule has 0 bridgehead atoms. The molecule has 0 saturated carbocycles. The highest BCUT2D eigenvalue weighted by Crippen LogP contribution is 2.23. The maximum absolute atomic E-state index is 12.5. The number of nitrogens with one attached hydrogen (secondary N) is 3. The zero-order chi connectivity index (χ0) is 26.1. The molecule has 0 unspecified atom stereocenters. The number of hydrogen-bond acceptors (Lipinski definition) is 6. The van der Waals surface area contributed by atoms with Crippen molar-refractivity contribution in [1.29, 1.82) is 0 Å². The molecule has 0 radical (unpaired) electrons. The van der Waals surface area contributed by atoms with Gasteiger partial charge in [0.2, 0.25) is 0 Å². The minimum atomic E-state index is -1.71. The van der Waals surface area contributed by atoms with Crippen LogP contribution in [-0.2, 0) is 20.8 Å². The Balaban J connectivity index is 1.64. The van der Waals surface area contributed by atoms with E-state index in [0.717, 1.165) is 16.7 Å². The molecule has 0 aliphatic rings. The van der Waals surface area contributed by atoms with Gasteiger partial charge in [0.25, 0.3) is 0 Å². The summed E-state index contributed by atoms with van der Waals surface area (Å²) >= 11 is 6.06. The molecule has 0 spiro atoms. The molecule has 3 aromatic rings. The number of aliphatic carboxylic acids is 1. The van der Waals surface area contributed by atoms with Gasteiger partial charge in [0.15, 0.2) is 6.10 Å². The molecule has 0 saturated heterocycles. The Bertz CT molecular complexity index is 1200. The van der Waals surface area contributed by atoms with Crippen molar-refractivity contribution in [1.82, 2.24) is 10.7 Å². The van der Waals surface area contributed by atoms with Gasteiger partial charge in [0.05, 0.1) is 12.8 Å². The molecule has 36 heavy (non-hydrogen) atoms. The lowest BCUT2D eigenvalue weighted by Gasteiger charge is -2.20. The maximum Gasteiger partial charge on any atom is 0.332 e. The van der Waals surface area contributed by atoms with Gasteiger partial charge in [-0.1, -0.05) is 48.0 Å². The third-order valence-corrected chi connectivity index (χ3v) is 5.57. The van der Waals surface area contributed by atoms with Gasteiger partial charge < -0.3 is 20.3 Å². The molecule has 188 valence electrons. The summed E-state index contributed by atoms with van der Waals surface area (Å²) in [6.45, 7) is 0. The van der Waals surface area contributed by atoms with E-state index in [4.69, 9.17) is 21.4 Å². The molecule has 3 rings (SSSR count). The number of ether oxygens (including phenoxy) is 1. The molecular formula is C26H26ClN3O6. The van der Waals surface area contributed by atoms with Crippen LogP contribution in [0.3, 0.4) is 0 Å². The first-order valence-electron chi connectivity index (χ1n) is 11.0. The van der Waals surface area contributed by atoms with Crippen LogP contribution >= 0.6 is 11.6 Å². The summed E-state index contributed by atoms with van der Waals surface area (Å²) in [6.07, 6.45) is -1.79. The summed E-state index contributed by atoms with van der Waals surface area (Å²) in [6, 6.07) is 20.6. The van der Waals surface area contributed by atoms with Crippen LogP contribution in [0.25, 0.3) is 11.1 Å². The number of anilines is 1. The number of benzene rings is 3. The Labute approximate surface area is 213 Å². The lowest BCUT2D eigenvalue weighted by molar-refractivity contribution is -0.147. The van der Waals surface area contributed by atoms with Gasteiger partial charge in [-0.15, -0.1) is 0 Å². The Kier molecular flexibility index (Phi) is 9.26. The van der Waals surface area contributed by atoms with E-state index in [1.54, 1.807) is 30.3 Å². The van der Waals surface area contributed by atoms with Gasteiger partial charge in [0, 0.05) is 17.5 Å². The van der Waals surface area contributed by atoms with Crippen molar-refractivity contribution >= 4 is 35.1 Å². The summed E-state index contributed by atoms with van der Waals surface area (Å²) in [5.41, 5.74) is 8.06. The second-order valence-electron chi connectivity index (χ2n) is 7.98. The number of hydrogen-bond donors (Lipinski definition) is 5. The van der Waals surface area contributed by atoms with Crippen LogP contribution in [0.1, 0.15) is 12.0 Å². The fourth-order valence-corrected chi connectivity index (χ4v) is 3.65. The summed E-state index contributed by atoms with van der Waals surface area (Å²) < 4.78 is 5.06. The molecule has 0 aliphatic carbocycles. The lowest BCUT2D eigenvalue weighted by Crippen LogP contribution is -2.48. The number of hydrazine groups is 1. The fourth-order valence-electron chi connectivity index (χ4n) is 3.46. The number of aliphatic hydroxyl groups is 1. The highest BCUT2D eigenvalue weighted by molar-refractivity contribution is 6.35. The third kappa shape index (κ3) is 7.72. The summed E-state index contributed by atoms with van der Waals surface area (Å²) in [5, 5.41) is 22.1. The van der Waals surface area contributed by atoms with Crippen LogP contribution in [0.5, 0.6) is 5.75 Å². The Hall–Kier alpha value is -4.08. The smallest absolute Gasteiger partial charge is 0.332 e. The molecule has 9 nitrogen and oxygen atoms in total. The number of aliphatic hydroxyl groups excluding tert-OH is 1. The van der Waals surface area contributed by atoms with E-state index in [0.29, 0.717) is 16.5 Å². The number of halogens is 1. The Morgan fingerprint density at radius 2 is 1.64 bits per heavy atom. The molecule has 5 N–H and O–H groups in total. The van der Waals surface area contributed by atoms with Gasteiger partial charge >= 0.3 is 17.8 Å². The highest BCUT2D eigenvalue weighted by Gasteiger charge is 2.24. The number of carboxylic acid groups (broad SMARTS) is 1. The number of carbonyl (C=O) groups is 3. The van der Waals surface area contributed by atoms with E-state index in [1.165, 1.54) is 7.11 Å². The van der Waals surface area contributed by atoms with Crippen LogP contribution in [0.15, 0.2) is 72.8 Å². The molecule has 0 heterocycles. The van der Waals surface area contributed by atoms with Crippen LogP contribution in [0, 0.1) is 0 Å². The van der Waals surface area contributed by atoms with Crippen LogP contribution in [0.4, 0.5) is 5.69 Å². The van der Waals surface area contributed by atoms with Crippen molar-refractivity contribution in [3.63, 3.8) is 0 Å².